The second-order valence-corrected chi connectivity index (χ2v) is 7.08. The number of amides is 2. The number of nitrogens with zero attached hydrogens (tertiary/aromatic N) is 2. The molecule has 0 unspecified atom stereocenters. The summed E-state index contributed by atoms with van der Waals surface area (Å²) in [7, 11) is 0. The van der Waals surface area contributed by atoms with E-state index in [9.17, 15) is 9.59 Å². The zero-order valence-corrected chi connectivity index (χ0v) is 14.7. The molecule has 1 aromatic carbocycles. The summed E-state index contributed by atoms with van der Waals surface area (Å²) in [5, 5.41) is 0. The third-order valence-corrected chi connectivity index (χ3v) is 3.83. The van der Waals surface area contributed by atoms with Gasteiger partial charge in [0.1, 0.15) is 5.60 Å². The molecule has 0 aromatic heterocycles. The first kappa shape index (κ1) is 17.3. The highest BCUT2D eigenvalue weighted by Gasteiger charge is 2.28. The van der Waals surface area contributed by atoms with Crippen molar-refractivity contribution in [1.82, 2.24) is 9.80 Å². The smallest absolute Gasteiger partial charge is 0.410 e. The Labute approximate surface area is 138 Å². The number of piperazine rings is 1. The summed E-state index contributed by atoms with van der Waals surface area (Å²) in [5.41, 5.74) is 2.38. The van der Waals surface area contributed by atoms with Crippen molar-refractivity contribution in [2.45, 2.75) is 40.2 Å². The van der Waals surface area contributed by atoms with Gasteiger partial charge in [-0.15, -0.1) is 0 Å². The lowest BCUT2D eigenvalue weighted by molar-refractivity contribution is 0.0140. The maximum absolute atomic E-state index is 12.6. The molecule has 1 saturated heterocycles. The largest absolute Gasteiger partial charge is 0.444 e. The number of carbonyl (C=O) groups is 2. The standard InChI is InChI=1S/C18H26N2O3/c1-13-6-7-15(14(2)12-13)16(21)19-8-10-20(11-9-19)17(22)23-18(3,4)5/h6-7,12H,8-11H2,1-5H3. The minimum atomic E-state index is -0.497. The fourth-order valence-corrected chi connectivity index (χ4v) is 2.64. The van der Waals surface area contributed by atoms with Crippen molar-refractivity contribution in [3.8, 4) is 0 Å². The van der Waals surface area contributed by atoms with Gasteiger partial charge in [0.25, 0.3) is 5.91 Å². The van der Waals surface area contributed by atoms with Crippen LogP contribution in [0.3, 0.4) is 0 Å². The number of benzene rings is 1. The number of hydrogen-bond donors (Lipinski definition) is 0. The van der Waals surface area contributed by atoms with Crippen LogP contribution in [0.25, 0.3) is 0 Å². The molecule has 0 saturated carbocycles. The van der Waals surface area contributed by atoms with Crippen LogP contribution in [0, 0.1) is 13.8 Å². The Balaban J connectivity index is 1.96. The maximum atomic E-state index is 12.6. The van der Waals surface area contributed by atoms with Gasteiger partial charge in [-0.3, -0.25) is 4.79 Å². The van der Waals surface area contributed by atoms with Crippen molar-refractivity contribution < 1.29 is 14.3 Å². The average Bonchev–Trinajstić information content (AvgIpc) is 2.45. The molecule has 0 N–H and O–H groups in total. The van der Waals surface area contributed by atoms with Crippen molar-refractivity contribution in [2.75, 3.05) is 26.2 Å². The van der Waals surface area contributed by atoms with E-state index in [4.69, 9.17) is 4.74 Å². The highest BCUT2D eigenvalue weighted by molar-refractivity contribution is 5.95. The van der Waals surface area contributed by atoms with Gasteiger partial charge in [-0.2, -0.15) is 0 Å². The first-order valence-electron chi connectivity index (χ1n) is 8.02. The van der Waals surface area contributed by atoms with Crippen LogP contribution in [0.4, 0.5) is 4.79 Å². The monoisotopic (exact) mass is 318 g/mol. The highest BCUT2D eigenvalue weighted by atomic mass is 16.6. The molecule has 2 amide bonds. The van der Waals surface area contributed by atoms with Gasteiger partial charge >= 0.3 is 6.09 Å². The lowest BCUT2D eigenvalue weighted by Gasteiger charge is -2.35. The lowest BCUT2D eigenvalue weighted by Crippen LogP contribution is -2.51. The highest BCUT2D eigenvalue weighted by Crippen LogP contribution is 2.16. The van der Waals surface area contributed by atoms with Crippen molar-refractivity contribution >= 4 is 12.0 Å². The number of aryl methyl sites for hydroxylation is 2. The Kier molecular flexibility index (Phi) is 4.97. The Bertz CT molecular complexity index is 597. The van der Waals surface area contributed by atoms with Crippen molar-refractivity contribution in [3.63, 3.8) is 0 Å². The van der Waals surface area contributed by atoms with E-state index in [2.05, 4.69) is 0 Å². The number of ether oxygens (including phenoxy) is 1. The van der Waals surface area contributed by atoms with Gasteiger partial charge in [-0.05, 0) is 46.2 Å². The molecule has 5 heteroatoms. The van der Waals surface area contributed by atoms with Crippen LogP contribution >= 0.6 is 0 Å². The number of carbonyl (C=O) groups excluding carboxylic acids is 2. The van der Waals surface area contributed by atoms with Gasteiger partial charge in [0.2, 0.25) is 0 Å². The Hall–Kier alpha value is -2.04. The zero-order valence-electron chi connectivity index (χ0n) is 14.7. The molecule has 2 rings (SSSR count). The quantitative estimate of drug-likeness (QED) is 0.800. The molecular weight excluding hydrogens is 292 g/mol. The van der Waals surface area contributed by atoms with Gasteiger partial charge in [0.05, 0.1) is 0 Å². The van der Waals surface area contributed by atoms with E-state index in [1.807, 2.05) is 52.8 Å². The predicted molar refractivity (Wildman–Crippen MR) is 89.6 cm³/mol. The molecular formula is C18H26N2O3. The summed E-state index contributed by atoms with van der Waals surface area (Å²) < 4.78 is 5.37. The second kappa shape index (κ2) is 6.60. The minimum Gasteiger partial charge on any atom is -0.444 e. The fraction of sp³-hybridized carbons (Fsp3) is 0.556. The normalized spacial score (nSPS) is 15.5. The van der Waals surface area contributed by atoms with Crippen LogP contribution in [0.5, 0.6) is 0 Å². The van der Waals surface area contributed by atoms with Gasteiger partial charge in [0.15, 0.2) is 0 Å². The van der Waals surface area contributed by atoms with E-state index in [1.54, 1.807) is 9.80 Å². The zero-order chi connectivity index (χ0) is 17.2. The number of rotatable bonds is 1. The van der Waals surface area contributed by atoms with Crippen LogP contribution in [-0.2, 0) is 4.74 Å². The molecule has 0 bridgehead atoms. The molecule has 1 aromatic rings. The molecule has 1 aliphatic rings. The van der Waals surface area contributed by atoms with E-state index < -0.39 is 5.60 Å². The van der Waals surface area contributed by atoms with Gasteiger partial charge in [0, 0.05) is 31.7 Å². The first-order valence-corrected chi connectivity index (χ1v) is 8.02. The summed E-state index contributed by atoms with van der Waals surface area (Å²) in [6.45, 7) is 11.6. The van der Waals surface area contributed by atoms with E-state index in [-0.39, 0.29) is 12.0 Å². The van der Waals surface area contributed by atoms with Crippen molar-refractivity contribution in [1.29, 1.82) is 0 Å². The van der Waals surface area contributed by atoms with Crippen molar-refractivity contribution in [3.05, 3.63) is 34.9 Å². The van der Waals surface area contributed by atoms with E-state index in [1.165, 1.54) is 0 Å². The lowest BCUT2D eigenvalue weighted by atomic mass is 10.0. The SMILES string of the molecule is Cc1ccc(C(=O)N2CCN(C(=O)OC(C)(C)C)CC2)c(C)c1. The second-order valence-electron chi connectivity index (χ2n) is 7.08. The molecule has 0 atom stereocenters. The van der Waals surface area contributed by atoms with Crippen LogP contribution in [0.2, 0.25) is 0 Å². The van der Waals surface area contributed by atoms with Gasteiger partial charge in [-0.25, -0.2) is 4.79 Å². The third kappa shape index (κ3) is 4.47. The van der Waals surface area contributed by atoms with Crippen LogP contribution in [0.1, 0.15) is 42.3 Å². The Morgan fingerprint density at radius 3 is 2.09 bits per heavy atom. The van der Waals surface area contributed by atoms with E-state index >= 15 is 0 Å². The van der Waals surface area contributed by atoms with Crippen LogP contribution in [0.15, 0.2) is 18.2 Å². The number of hydrogen-bond acceptors (Lipinski definition) is 3. The van der Waals surface area contributed by atoms with E-state index in [0.29, 0.717) is 26.2 Å². The van der Waals surface area contributed by atoms with E-state index in [0.717, 1.165) is 16.7 Å². The minimum absolute atomic E-state index is 0.0336. The van der Waals surface area contributed by atoms with Gasteiger partial charge < -0.3 is 14.5 Å². The van der Waals surface area contributed by atoms with Crippen LogP contribution in [-0.4, -0.2) is 53.6 Å². The Morgan fingerprint density at radius 2 is 1.57 bits per heavy atom. The third-order valence-electron chi connectivity index (χ3n) is 3.83. The summed E-state index contributed by atoms with van der Waals surface area (Å²) in [6.07, 6.45) is -0.309. The molecule has 23 heavy (non-hydrogen) atoms. The summed E-state index contributed by atoms with van der Waals surface area (Å²) >= 11 is 0. The molecule has 1 heterocycles. The topological polar surface area (TPSA) is 49.9 Å². The first-order chi connectivity index (χ1) is 10.7. The molecule has 5 nitrogen and oxygen atoms in total. The molecule has 0 spiro atoms. The predicted octanol–water partition coefficient (Wildman–Crippen LogP) is 3.00. The average molecular weight is 318 g/mol. The van der Waals surface area contributed by atoms with Crippen molar-refractivity contribution in [2.24, 2.45) is 0 Å². The summed E-state index contributed by atoms with van der Waals surface area (Å²) in [6, 6.07) is 5.86. The van der Waals surface area contributed by atoms with Gasteiger partial charge in [-0.1, -0.05) is 17.7 Å². The molecule has 0 aliphatic carbocycles. The van der Waals surface area contributed by atoms with Crippen LogP contribution < -0.4 is 0 Å². The maximum Gasteiger partial charge on any atom is 0.410 e. The summed E-state index contributed by atoms with van der Waals surface area (Å²) in [4.78, 5) is 28.1. The molecule has 0 radical (unpaired) electrons. The molecule has 126 valence electrons. The molecule has 1 aliphatic heterocycles. The fourth-order valence-electron chi connectivity index (χ4n) is 2.64. The Morgan fingerprint density at radius 1 is 1.00 bits per heavy atom. The summed E-state index contributed by atoms with van der Waals surface area (Å²) in [5.74, 6) is 0.0336. The molecule has 1 fully saturated rings.